The van der Waals surface area contributed by atoms with Crippen molar-refractivity contribution in [2.75, 3.05) is 31.6 Å². The summed E-state index contributed by atoms with van der Waals surface area (Å²) in [4.78, 5) is 15.1. The number of nitrogens with zero attached hydrogens (tertiary/aromatic N) is 3. The molecule has 1 N–H and O–H groups in total. The van der Waals surface area contributed by atoms with E-state index in [9.17, 15) is 10.1 Å². The van der Waals surface area contributed by atoms with Gasteiger partial charge in [-0.15, -0.1) is 0 Å². The summed E-state index contributed by atoms with van der Waals surface area (Å²) >= 11 is 0. The predicted octanol–water partition coefficient (Wildman–Crippen LogP) is 3.23. The lowest BCUT2D eigenvalue weighted by Gasteiger charge is -2.21. The van der Waals surface area contributed by atoms with E-state index in [2.05, 4.69) is 20.9 Å². The molecule has 1 atom stereocenters. The lowest BCUT2D eigenvalue weighted by atomic mass is 9.95. The molecule has 1 unspecified atom stereocenters. The zero-order valence-electron chi connectivity index (χ0n) is 16.8. The molecule has 6 heteroatoms. The highest BCUT2D eigenvalue weighted by molar-refractivity contribution is 5.93. The van der Waals surface area contributed by atoms with Crippen LogP contribution in [0.4, 0.5) is 5.82 Å². The van der Waals surface area contributed by atoms with Crippen LogP contribution in [0.3, 0.4) is 0 Å². The van der Waals surface area contributed by atoms with Gasteiger partial charge in [0.25, 0.3) is 0 Å². The third kappa shape index (κ3) is 4.26. The molecule has 6 nitrogen and oxygen atoms in total. The number of carbonyl (C=O) groups excluding carboxylic acids is 1. The minimum absolute atomic E-state index is 0.00170. The molecule has 1 amide bonds. The van der Waals surface area contributed by atoms with Gasteiger partial charge in [0.15, 0.2) is 0 Å². The Balaban J connectivity index is 1.56. The van der Waals surface area contributed by atoms with E-state index in [1.807, 2.05) is 0 Å². The normalized spacial score (nSPS) is 23.0. The lowest BCUT2D eigenvalue weighted by Crippen LogP contribution is -2.34. The fourth-order valence-corrected chi connectivity index (χ4v) is 4.98. The number of amides is 1. The molecule has 0 saturated carbocycles. The van der Waals surface area contributed by atoms with E-state index in [1.54, 1.807) is 0 Å². The van der Waals surface area contributed by atoms with Gasteiger partial charge in [0.05, 0.1) is 24.8 Å². The smallest absolute Gasteiger partial charge is 0.239 e. The van der Waals surface area contributed by atoms with E-state index < -0.39 is 0 Å². The van der Waals surface area contributed by atoms with Gasteiger partial charge in [-0.25, -0.2) is 0 Å². The number of anilines is 1. The Morgan fingerprint density at radius 1 is 1.11 bits per heavy atom. The minimum atomic E-state index is 0.00170. The number of ether oxygens (including phenoxy) is 1. The molecular weight excluding hydrogens is 352 g/mol. The van der Waals surface area contributed by atoms with Gasteiger partial charge in [0.1, 0.15) is 11.9 Å². The minimum Gasteiger partial charge on any atom is -0.376 e. The van der Waals surface area contributed by atoms with Crippen molar-refractivity contribution in [1.29, 1.82) is 5.26 Å². The Kier molecular flexibility index (Phi) is 6.33. The highest BCUT2D eigenvalue weighted by Gasteiger charge is 2.28. The summed E-state index contributed by atoms with van der Waals surface area (Å²) in [5.74, 6) is 0.714. The molecule has 4 rings (SSSR count). The van der Waals surface area contributed by atoms with Gasteiger partial charge in [0.2, 0.25) is 5.91 Å². The molecule has 2 saturated heterocycles. The summed E-state index contributed by atoms with van der Waals surface area (Å²) in [7, 11) is 0. The Morgan fingerprint density at radius 3 is 2.61 bits per heavy atom. The predicted molar refractivity (Wildman–Crippen MR) is 108 cm³/mol. The van der Waals surface area contributed by atoms with Gasteiger partial charge in [-0.3, -0.25) is 9.69 Å². The first-order chi connectivity index (χ1) is 13.8. The van der Waals surface area contributed by atoms with Crippen LogP contribution in [-0.2, 0) is 28.9 Å². The largest absolute Gasteiger partial charge is 0.376 e. The molecule has 0 radical (unpaired) electrons. The molecule has 1 aromatic rings. The Morgan fingerprint density at radius 2 is 1.89 bits per heavy atom. The summed E-state index contributed by atoms with van der Waals surface area (Å²) in [6.45, 7) is 3.96. The van der Waals surface area contributed by atoms with Crippen molar-refractivity contribution >= 4 is 11.7 Å². The maximum absolute atomic E-state index is 12.9. The highest BCUT2D eigenvalue weighted by Crippen LogP contribution is 2.34. The first-order valence-electron chi connectivity index (χ1n) is 11.0. The van der Waals surface area contributed by atoms with Crippen LogP contribution >= 0.6 is 0 Å². The Labute approximate surface area is 167 Å². The number of nitrogens with one attached hydrogen (secondary N) is 1. The van der Waals surface area contributed by atoms with Crippen molar-refractivity contribution in [2.45, 2.75) is 76.9 Å². The van der Waals surface area contributed by atoms with Gasteiger partial charge < -0.3 is 14.6 Å². The fraction of sp³-hybridized carbons (Fsp3) is 0.727. The average Bonchev–Trinajstić information content (AvgIpc) is 3.22. The van der Waals surface area contributed by atoms with E-state index in [0.717, 1.165) is 70.3 Å². The van der Waals surface area contributed by atoms with E-state index in [-0.39, 0.29) is 12.0 Å². The molecule has 1 aromatic heterocycles. The SMILES string of the molecule is N#Cc1c2c(n(CC3CCCO3)c1NC(=O)CN1CCCCCC1)CCCC2. The van der Waals surface area contributed by atoms with Crippen LogP contribution in [0.15, 0.2) is 0 Å². The quantitative estimate of drug-likeness (QED) is 0.846. The zero-order chi connectivity index (χ0) is 19.3. The van der Waals surface area contributed by atoms with Gasteiger partial charge in [-0.1, -0.05) is 12.8 Å². The summed E-state index contributed by atoms with van der Waals surface area (Å²) in [5, 5.41) is 13.0. The first-order valence-corrected chi connectivity index (χ1v) is 11.0. The van der Waals surface area contributed by atoms with Crippen molar-refractivity contribution < 1.29 is 9.53 Å². The standard InChI is InChI=1S/C22H32N4O2/c23-14-19-18-9-3-4-10-20(18)26(15-17-8-7-13-28-17)22(19)24-21(27)16-25-11-5-1-2-6-12-25/h17H,1-13,15-16H2,(H,24,27). The van der Waals surface area contributed by atoms with E-state index >= 15 is 0 Å². The molecule has 28 heavy (non-hydrogen) atoms. The molecule has 0 aromatic carbocycles. The first kappa shape index (κ1) is 19.5. The molecule has 3 aliphatic rings. The van der Waals surface area contributed by atoms with Gasteiger partial charge >= 0.3 is 0 Å². The second-order valence-corrected chi connectivity index (χ2v) is 8.45. The number of fused-ring (bicyclic) bond motifs is 1. The maximum Gasteiger partial charge on any atom is 0.239 e. The summed E-state index contributed by atoms with van der Waals surface area (Å²) in [6, 6.07) is 2.40. The van der Waals surface area contributed by atoms with Crippen molar-refractivity contribution in [3.05, 3.63) is 16.8 Å². The summed E-state index contributed by atoms with van der Waals surface area (Å²) in [5.41, 5.74) is 3.07. The van der Waals surface area contributed by atoms with Gasteiger partial charge in [0, 0.05) is 12.3 Å². The molecule has 1 aliphatic carbocycles. The van der Waals surface area contributed by atoms with Crippen molar-refractivity contribution in [1.82, 2.24) is 9.47 Å². The third-order valence-corrected chi connectivity index (χ3v) is 6.42. The van der Waals surface area contributed by atoms with Gasteiger partial charge in [-0.2, -0.15) is 5.26 Å². The van der Waals surface area contributed by atoms with E-state index in [0.29, 0.717) is 17.9 Å². The fourth-order valence-electron chi connectivity index (χ4n) is 4.98. The maximum atomic E-state index is 12.9. The topological polar surface area (TPSA) is 70.3 Å². The monoisotopic (exact) mass is 384 g/mol. The number of hydrogen-bond donors (Lipinski definition) is 1. The summed E-state index contributed by atoms with van der Waals surface area (Å²) in [6.07, 6.45) is 11.4. The van der Waals surface area contributed by atoms with Crippen LogP contribution in [0.2, 0.25) is 0 Å². The molecule has 0 bridgehead atoms. The molecule has 2 fully saturated rings. The lowest BCUT2D eigenvalue weighted by molar-refractivity contribution is -0.117. The van der Waals surface area contributed by atoms with Crippen molar-refractivity contribution in [2.24, 2.45) is 0 Å². The zero-order valence-corrected chi connectivity index (χ0v) is 16.8. The molecule has 3 heterocycles. The third-order valence-electron chi connectivity index (χ3n) is 6.42. The van der Waals surface area contributed by atoms with Crippen LogP contribution in [0.1, 0.15) is 68.2 Å². The van der Waals surface area contributed by atoms with E-state index in [4.69, 9.17) is 4.74 Å². The van der Waals surface area contributed by atoms with Crippen LogP contribution < -0.4 is 5.32 Å². The number of likely N-dealkylation sites (tertiary alicyclic amines) is 1. The number of rotatable bonds is 5. The van der Waals surface area contributed by atoms with Crippen LogP contribution in [0.5, 0.6) is 0 Å². The number of aromatic nitrogens is 1. The second kappa shape index (κ2) is 9.11. The molecule has 0 spiro atoms. The van der Waals surface area contributed by atoms with Crippen molar-refractivity contribution in [3.8, 4) is 6.07 Å². The van der Waals surface area contributed by atoms with Gasteiger partial charge in [-0.05, 0) is 70.0 Å². The number of carbonyl (C=O) groups is 1. The van der Waals surface area contributed by atoms with Crippen LogP contribution in [0, 0.1) is 11.3 Å². The Bertz CT molecular complexity index is 735. The molecular formula is C22H32N4O2. The van der Waals surface area contributed by atoms with Crippen LogP contribution in [-0.4, -0.2) is 47.7 Å². The molecule has 152 valence electrons. The average molecular weight is 385 g/mol. The van der Waals surface area contributed by atoms with Crippen molar-refractivity contribution in [3.63, 3.8) is 0 Å². The number of nitriles is 1. The summed E-state index contributed by atoms with van der Waals surface area (Å²) < 4.78 is 8.06. The number of hydrogen-bond acceptors (Lipinski definition) is 4. The molecule has 2 aliphatic heterocycles. The second-order valence-electron chi connectivity index (χ2n) is 8.45. The van der Waals surface area contributed by atoms with E-state index in [1.165, 1.54) is 31.4 Å². The van der Waals surface area contributed by atoms with Crippen LogP contribution in [0.25, 0.3) is 0 Å². The highest BCUT2D eigenvalue weighted by atomic mass is 16.5. The Hall–Kier alpha value is -1.84.